The first-order chi connectivity index (χ1) is 9.58. The summed E-state index contributed by atoms with van der Waals surface area (Å²) in [6.07, 6.45) is 4.47. The molecule has 0 aliphatic carbocycles. The van der Waals surface area contributed by atoms with Crippen LogP contribution < -0.4 is 5.32 Å². The largest absolute Gasteiger partial charge is 0.478 e. The molecule has 2 N–H and O–H groups in total. The highest BCUT2D eigenvalue weighted by molar-refractivity contribution is 5.88. The second kappa shape index (κ2) is 6.18. The quantitative estimate of drug-likeness (QED) is 0.841. The van der Waals surface area contributed by atoms with Crippen molar-refractivity contribution in [3.8, 4) is 0 Å². The van der Waals surface area contributed by atoms with Gasteiger partial charge in [0.15, 0.2) is 0 Å². The Morgan fingerprint density at radius 2 is 2.25 bits per heavy atom. The molecule has 0 atom stereocenters. The number of aromatic nitrogens is 3. The standard InChI is InChI=1S/C14H18N4O2/c1-3-12-6-11(14(19)20)7-13(17-12)15-4-5-18-9-10(2)8-16-18/h6-9H,3-5H2,1-2H3,(H,15,17)(H,19,20). The normalized spacial score (nSPS) is 10.5. The summed E-state index contributed by atoms with van der Waals surface area (Å²) in [5, 5.41) is 16.4. The molecule has 0 spiro atoms. The number of carboxylic acids is 1. The smallest absolute Gasteiger partial charge is 0.335 e. The highest BCUT2D eigenvalue weighted by atomic mass is 16.4. The molecule has 2 aromatic rings. The van der Waals surface area contributed by atoms with Gasteiger partial charge in [0.25, 0.3) is 0 Å². The summed E-state index contributed by atoms with van der Waals surface area (Å²) in [5.41, 5.74) is 2.14. The number of nitrogens with zero attached hydrogens (tertiary/aromatic N) is 3. The molecule has 0 bridgehead atoms. The van der Waals surface area contributed by atoms with Crippen molar-refractivity contribution in [2.24, 2.45) is 0 Å². The summed E-state index contributed by atoms with van der Waals surface area (Å²) in [6.45, 7) is 5.28. The third kappa shape index (κ3) is 3.57. The van der Waals surface area contributed by atoms with Gasteiger partial charge in [-0.3, -0.25) is 4.68 Å². The van der Waals surface area contributed by atoms with Gasteiger partial charge in [-0.25, -0.2) is 9.78 Å². The molecule has 0 amide bonds. The highest BCUT2D eigenvalue weighted by Crippen LogP contribution is 2.11. The van der Waals surface area contributed by atoms with Gasteiger partial charge in [0.2, 0.25) is 0 Å². The molecule has 6 nitrogen and oxygen atoms in total. The predicted molar refractivity (Wildman–Crippen MR) is 76.0 cm³/mol. The van der Waals surface area contributed by atoms with E-state index >= 15 is 0 Å². The lowest BCUT2D eigenvalue weighted by molar-refractivity contribution is 0.0696. The number of anilines is 1. The fourth-order valence-corrected chi connectivity index (χ4v) is 1.87. The molecule has 2 aromatic heterocycles. The number of pyridine rings is 1. The molecule has 0 saturated heterocycles. The van der Waals surface area contributed by atoms with E-state index in [-0.39, 0.29) is 5.56 Å². The molecule has 0 unspecified atom stereocenters. The maximum atomic E-state index is 11.0. The van der Waals surface area contributed by atoms with Gasteiger partial charge < -0.3 is 10.4 Å². The van der Waals surface area contributed by atoms with Crippen LogP contribution in [0.25, 0.3) is 0 Å². The summed E-state index contributed by atoms with van der Waals surface area (Å²) in [5.74, 6) is -0.349. The third-order valence-electron chi connectivity index (χ3n) is 2.90. The van der Waals surface area contributed by atoms with Crippen molar-refractivity contribution in [3.05, 3.63) is 41.3 Å². The van der Waals surface area contributed by atoms with Gasteiger partial charge in [0.1, 0.15) is 5.82 Å². The lowest BCUT2D eigenvalue weighted by atomic mass is 10.2. The van der Waals surface area contributed by atoms with Crippen molar-refractivity contribution in [1.29, 1.82) is 0 Å². The third-order valence-corrected chi connectivity index (χ3v) is 2.90. The van der Waals surface area contributed by atoms with Crippen LogP contribution >= 0.6 is 0 Å². The first kappa shape index (κ1) is 14.0. The topological polar surface area (TPSA) is 80.0 Å². The Hall–Kier alpha value is -2.37. The van der Waals surface area contributed by atoms with E-state index in [1.807, 2.05) is 24.7 Å². The van der Waals surface area contributed by atoms with Crippen molar-refractivity contribution in [1.82, 2.24) is 14.8 Å². The Morgan fingerprint density at radius 3 is 2.85 bits per heavy atom. The van der Waals surface area contributed by atoms with Crippen LogP contribution in [0.2, 0.25) is 0 Å². The molecule has 0 saturated carbocycles. The van der Waals surface area contributed by atoms with Gasteiger partial charge in [-0.2, -0.15) is 5.10 Å². The summed E-state index contributed by atoms with van der Waals surface area (Å²) in [4.78, 5) is 15.4. The maximum absolute atomic E-state index is 11.0. The summed E-state index contributed by atoms with van der Waals surface area (Å²) >= 11 is 0. The predicted octanol–water partition coefficient (Wildman–Crippen LogP) is 1.96. The van der Waals surface area contributed by atoms with E-state index in [0.29, 0.717) is 25.3 Å². The van der Waals surface area contributed by atoms with Crippen LogP contribution in [-0.4, -0.2) is 32.4 Å². The van der Waals surface area contributed by atoms with Crippen molar-refractivity contribution in [2.75, 3.05) is 11.9 Å². The Bertz CT molecular complexity index is 607. The molecule has 106 valence electrons. The van der Waals surface area contributed by atoms with Gasteiger partial charge in [-0.15, -0.1) is 0 Å². The van der Waals surface area contributed by atoms with E-state index in [2.05, 4.69) is 15.4 Å². The molecule has 0 aromatic carbocycles. The van der Waals surface area contributed by atoms with Gasteiger partial charge in [0, 0.05) is 18.4 Å². The van der Waals surface area contributed by atoms with Gasteiger partial charge in [0.05, 0.1) is 18.3 Å². The first-order valence-corrected chi connectivity index (χ1v) is 6.55. The average molecular weight is 274 g/mol. The van der Waals surface area contributed by atoms with Crippen LogP contribution in [0.1, 0.15) is 28.5 Å². The summed E-state index contributed by atoms with van der Waals surface area (Å²) < 4.78 is 1.84. The van der Waals surface area contributed by atoms with E-state index in [1.54, 1.807) is 18.3 Å². The molecule has 2 heterocycles. The highest BCUT2D eigenvalue weighted by Gasteiger charge is 2.07. The van der Waals surface area contributed by atoms with Crippen LogP contribution in [0.15, 0.2) is 24.5 Å². The van der Waals surface area contributed by atoms with Crippen LogP contribution in [0.4, 0.5) is 5.82 Å². The molecule has 0 aliphatic heterocycles. The Morgan fingerprint density at radius 1 is 1.45 bits per heavy atom. The zero-order chi connectivity index (χ0) is 14.5. The Kier molecular flexibility index (Phi) is 4.34. The second-order valence-electron chi connectivity index (χ2n) is 4.60. The Balaban J connectivity index is 2.01. The summed E-state index contributed by atoms with van der Waals surface area (Å²) in [7, 11) is 0. The van der Waals surface area contributed by atoms with Crippen LogP contribution in [0.3, 0.4) is 0 Å². The molecule has 0 radical (unpaired) electrons. The molecule has 6 heteroatoms. The minimum Gasteiger partial charge on any atom is -0.478 e. The van der Waals surface area contributed by atoms with Gasteiger partial charge in [-0.05, 0) is 31.0 Å². The average Bonchev–Trinajstić information content (AvgIpc) is 2.84. The van der Waals surface area contributed by atoms with E-state index in [9.17, 15) is 4.79 Å². The van der Waals surface area contributed by atoms with Crippen molar-refractivity contribution in [3.63, 3.8) is 0 Å². The fourth-order valence-electron chi connectivity index (χ4n) is 1.87. The SMILES string of the molecule is CCc1cc(C(=O)O)cc(NCCn2cc(C)cn2)n1. The number of aryl methyl sites for hydroxylation is 2. The molecule has 0 aliphatic rings. The fraction of sp³-hybridized carbons (Fsp3) is 0.357. The van der Waals surface area contributed by atoms with Crippen molar-refractivity contribution in [2.45, 2.75) is 26.8 Å². The Labute approximate surface area is 117 Å². The maximum Gasteiger partial charge on any atom is 0.335 e. The van der Waals surface area contributed by atoms with E-state index in [1.165, 1.54) is 0 Å². The first-order valence-electron chi connectivity index (χ1n) is 6.55. The number of aromatic carboxylic acids is 1. The van der Waals surface area contributed by atoms with Crippen molar-refractivity contribution >= 4 is 11.8 Å². The van der Waals surface area contributed by atoms with Gasteiger partial charge in [-0.1, -0.05) is 6.92 Å². The van der Waals surface area contributed by atoms with Gasteiger partial charge >= 0.3 is 5.97 Å². The van der Waals surface area contributed by atoms with E-state index in [0.717, 1.165) is 11.3 Å². The number of carbonyl (C=O) groups is 1. The number of nitrogens with one attached hydrogen (secondary N) is 1. The van der Waals surface area contributed by atoms with E-state index < -0.39 is 5.97 Å². The monoisotopic (exact) mass is 274 g/mol. The van der Waals surface area contributed by atoms with Crippen LogP contribution in [0, 0.1) is 6.92 Å². The zero-order valence-electron chi connectivity index (χ0n) is 11.6. The molecule has 2 rings (SSSR count). The second-order valence-corrected chi connectivity index (χ2v) is 4.60. The van der Waals surface area contributed by atoms with Crippen LogP contribution in [0.5, 0.6) is 0 Å². The molecular formula is C14H18N4O2. The molecule has 20 heavy (non-hydrogen) atoms. The summed E-state index contributed by atoms with van der Waals surface area (Å²) in [6, 6.07) is 3.15. The lowest BCUT2D eigenvalue weighted by Gasteiger charge is -2.08. The minimum atomic E-state index is -0.937. The zero-order valence-corrected chi connectivity index (χ0v) is 11.6. The minimum absolute atomic E-state index is 0.259. The van der Waals surface area contributed by atoms with Crippen molar-refractivity contribution < 1.29 is 9.90 Å². The van der Waals surface area contributed by atoms with E-state index in [4.69, 9.17) is 5.11 Å². The lowest BCUT2D eigenvalue weighted by Crippen LogP contribution is -2.13. The number of hydrogen-bond donors (Lipinski definition) is 2. The van der Waals surface area contributed by atoms with Crippen LogP contribution in [-0.2, 0) is 13.0 Å². The molecule has 0 fully saturated rings. The number of carboxylic acid groups (broad SMARTS) is 1. The molecular weight excluding hydrogens is 256 g/mol. The number of hydrogen-bond acceptors (Lipinski definition) is 4. The number of rotatable bonds is 6.